The van der Waals surface area contributed by atoms with Crippen LogP contribution in [0.2, 0.25) is 0 Å². The number of hydrogen-bond acceptors (Lipinski definition) is 3. The Morgan fingerprint density at radius 3 is 2.35 bits per heavy atom. The Kier molecular flexibility index (Phi) is 5.92. The molecule has 0 radical (unpaired) electrons. The summed E-state index contributed by atoms with van der Waals surface area (Å²) in [5.41, 5.74) is 4.25. The molecule has 4 nitrogen and oxygen atoms in total. The number of benzene rings is 2. The van der Waals surface area contributed by atoms with Crippen LogP contribution in [0.5, 0.6) is 0 Å². The van der Waals surface area contributed by atoms with Crippen LogP contribution < -0.4 is 10.6 Å². The summed E-state index contributed by atoms with van der Waals surface area (Å²) in [6.07, 6.45) is 12.1. The minimum Gasteiger partial charge on any atom is -0.350 e. The van der Waals surface area contributed by atoms with Crippen LogP contribution >= 0.6 is 11.8 Å². The highest BCUT2D eigenvalue weighted by molar-refractivity contribution is 8.00. The molecule has 7 rings (SSSR count). The Balaban J connectivity index is 1.11. The Labute approximate surface area is 206 Å². The van der Waals surface area contributed by atoms with Crippen molar-refractivity contribution >= 4 is 29.3 Å². The van der Waals surface area contributed by atoms with Gasteiger partial charge >= 0.3 is 0 Å². The van der Waals surface area contributed by atoms with Gasteiger partial charge in [0.25, 0.3) is 5.91 Å². The third kappa shape index (κ3) is 4.39. The maximum Gasteiger partial charge on any atom is 0.256 e. The fraction of sp³-hybridized carbons (Fsp3) is 0.517. The largest absolute Gasteiger partial charge is 0.350 e. The number of anilines is 1. The van der Waals surface area contributed by atoms with E-state index in [9.17, 15) is 9.59 Å². The van der Waals surface area contributed by atoms with Gasteiger partial charge in [-0.1, -0.05) is 24.3 Å². The highest BCUT2D eigenvalue weighted by atomic mass is 32.2. The summed E-state index contributed by atoms with van der Waals surface area (Å²) in [6.45, 7) is 0. The van der Waals surface area contributed by atoms with E-state index in [2.05, 4.69) is 16.7 Å². The van der Waals surface area contributed by atoms with Crippen molar-refractivity contribution in [1.29, 1.82) is 0 Å². The molecule has 2 N–H and O–H groups in total. The average Bonchev–Trinajstić information content (AvgIpc) is 2.82. The number of carbonyl (C=O) groups excluding carboxylic acids is 2. The molecule has 5 heteroatoms. The number of amides is 2. The molecular weight excluding hydrogens is 440 g/mol. The van der Waals surface area contributed by atoms with E-state index in [1.165, 1.54) is 55.0 Å². The standard InChI is InChI=1S/C29H34N2O2S/c32-27(31-29-15-19-12-20(16-29)14-21(13-19)17-29)18-34-26-11-4-3-9-24(26)28(33)30-25-10-5-7-22-6-1-2-8-23(22)25/h3-5,7,9-11,19-21H,1-2,6,8,12-18H2,(H,30,33)(H,31,32). The molecule has 0 aliphatic heterocycles. The van der Waals surface area contributed by atoms with Gasteiger partial charge in [-0.05, 0) is 111 Å². The quantitative estimate of drug-likeness (QED) is 0.505. The van der Waals surface area contributed by atoms with E-state index < -0.39 is 0 Å². The van der Waals surface area contributed by atoms with Gasteiger partial charge in [-0.15, -0.1) is 11.8 Å². The van der Waals surface area contributed by atoms with Gasteiger partial charge in [0.05, 0.1) is 11.3 Å². The summed E-state index contributed by atoms with van der Waals surface area (Å²) in [7, 11) is 0. The van der Waals surface area contributed by atoms with Gasteiger partial charge in [0.1, 0.15) is 0 Å². The topological polar surface area (TPSA) is 58.2 Å². The van der Waals surface area contributed by atoms with Gasteiger partial charge in [-0.25, -0.2) is 0 Å². The molecule has 0 saturated heterocycles. The lowest BCUT2D eigenvalue weighted by molar-refractivity contribution is -0.124. The number of nitrogens with one attached hydrogen (secondary N) is 2. The number of fused-ring (bicyclic) bond motifs is 1. The number of aryl methyl sites for hydroxylation is 1. The van der Waals surface area contributed by atoms with Gasteiger partial charge in [-0.3, -0.25) is 9.59 Å². The first kappa shape index (κ1) is 22.2. The normalized spacial score (nSPS) is 28.9. The zero-order chi connectivity index (χ0) is 23.1. The molecule has 0 atom stereocenters. The second-order valence-corrected chi connectivity index (χ2v) is 12.2. The molecule has 2 amide bonds. The van der Waals surface area contributed by atoms with E-state index in [1.54, 1.807) is 0 Å². The average molecular weight is 475 g/mol. The molecule has 2 aromatic carbocycles. The van der Waals surface area contributed by atoms with Crippen LogP contribution in [0.1, 0.15) is 72.9 Å². The van der Waals surface area contributed by atoms with Crippen molar-refractivity contribution in [2.75, 3.05) is 11.1 Å². The Bertz CT molecular complexity index is 1080. The molecule has 4 bridgehead atoms. The van der Waals surface area contributed by atoms with Gasteiger partial charge in [-0.2, -0.15) is 0 Å². The summed E-state index contributed by atoms with van der Waals surface area (Å²) in [6, 6.07) is 13.9. The first-order chi connectivity index (χ1) is 16.6. The maximum absolute atomic E-state index is 13.2. The molecule has 0 aromatic heterocycles. The van der Waals surface area contributed by atoms with Gasteiger partial charge in [0.15, 0.2) is 0 Å². The van der Waals surface area contributed by atoms with Gasteiger partial charge in [0, 0.05) is 16.1 Å². The first-order valence-electron chi connectivity index (χ1n) is 13.0. The van der Waals surface area contributed by atoms with Crippen LogP contribution in [0.25, 0.3) is 0 Å². The zero-order valence-corrected chi connectivity index (χ0v) is 20.6. The number of carbonyl (C=O) groups is 2. The first-order valence-corrected chi connectivity index (χ1v) is 14.0. The molecule has 178 valence electrons. The van der Waals surface area contributed by atoms with Gasteiger partial charge < -0.3 is 10.6 Å². The van der Waals surface area contributed by atoms with Crippen molar-refractivity contribution in [1.82, 2.24) is 5.32 Å². The molecule has 2 aromatic rings. The SMILES string of the molecule is O=C(CSc1ccccc1C(=O)Nc1cccc2c1CCCC2)NC12CC3CC(CC(C3)C1)C2. The van der Waals surface area contributed by atoms with E-state index in [0.29, 0.717) is 11.3 Å². The third-order valence-electron chi connectivity index (χ3n) is 8.58. The van der Waals surface area contributed by atoms with Crippen LogP contribution in [0.3, 0.4) is 0 Å². The molecule has 0 spiro atoms. The van der Waals surface area contributed by atoms with Crippen LogP contribution in [0.15, 0.2) is 47.4 Å². The van der Waals surface area contributed by atoms with Crippen LogP contribution in [0, 0.1) is 17.8 Å². The van der Waals surface area contributed by atoms with Crippen molar-refractivity contribution in [3.05, 3.63) is 59.2 Å². The van der Waals surface area contributed by atoms with Crippen molar-refractivity contribution in [3.63, 3.8) is 0 Å². The van der Waals surface area contributed by atoms with Crippen molar-refractivity contribution in [3.8, 4) is 0 Å². The van der Waals surface area contributed by atoms with Crippen LogP contribution in [-0.2, 0) is 17.6 Å². The monoisotopic (exact) mass is 474 g/mol. The van der Waals surface area contributed by atoms with Crippen molar-refractivity contribution in [2.24, 2.45) is 17.8 Å². The molecule has 4 fully saturated rings. The lowest BCUT2D eigenvalue weighted by Crippen LogP contribution is -2.60. The molecular formula is C29H34N2O2S. The fourth-order valence-electron chi connectivity index (χ4n) is 7.61. The van der Waals surface area contributed by atoms with E-state index in [-0.39, 0.29) is 17.4 Å². The zero-order valence-electron chi connectivity index (χ0n) is 19.8. The Morgan fingerprint density at radius 1 is 0.882 bits per heavy atom. The second kappa shape index (κ2) is 9.07. The predicted molar refractivity (Wildman–Crippen MR) is 137 cm³/mol. The molecule has 5 aliphatic rings. The Morgan fingerprint density at radius 2 is 1.59 bits per heavy atom. The lowest BCUT2D eigenvalue weighted by atomic mass is 9.53. The van der Waals surface area contributed by atoms with E-state index in [4.69, 9.17) is 0 Å². The van der Waals surface area contributed by atoms with E-state index in [1.807, 2.05) is 36.4 Å². The highest BCUT2D eigenvalue weighted by Gasteiger charge is 2.51. The molecule has 34 heavy (non-hydrogen) atoms. The van der Waals surface area contributed by atoms with Crippen LogP contribution in [-0.4, -0.2) is 23.1 Å². The summed E-state index contributed by atoms with van der Waals surface area (Å²) >= 11 is 1.48. The molecule has 4 saturated carbocycles. The summed E-state index contributed by atoms with van der Waals surface area (Å²) < 4.78 is 0. The number of rotatable bonds is 6. The van der Waals surface area contributed by atoms with Crippen LogP contribution in [0.4, 0.5) is 5.69 Å². The Hall–Kier alpha value is -2.27. The van der Waals surface area contributed by atoms with Crippen molar-refractivity contribution in [2.45, 2.75) is 74.6 Å². The minimum absolute atomic E-state index is 0.0374. The van der Waals surface area contributed by atoms with Gasteiger partial charge in [0.2, 0.25) is 5.91 Å². The second-order valence-electron chi connectivity index (χ2n) is 11.1. The smallest absolute Gasteiger partial charge is 0.256 e. The minimum atomic E-state index is -0.0939. The summed E-state index contributed by atoms with van der Waals surface area (Å²) in [4.78, 5) is 27.1. The predicted octanol–water partition coefficient (Wildman–Crippen LogP) is 5.99. The summed E-state index contributed by atoms with van der Waals surface area (Å²) in [5, 5.41) is 6.62. The number of thioether (sulfide) groups is 1. The molecule has 0 unspecified atom stereocenters. The van der Waals surface area contributed by atoms with E-state index >= 15 is 0 Å². The highest BCUT2D eigenvalue weighted by Crippen LogP contribution is 2.55. The maximum atomic E-state index is 13.2. The third-order valence-corrected chi connectivity index (χ3v) is 9.65. The van der Waals surface area contributed by atoms with Crippen molar-refractivity contribution < 1.29 is 9.59 Å². The number of hydrogen-bond donors (Lipinski definition) is 2. The molecule has 5 aliphatic carbocycles. The fourth-order valence-corrected chi connectivity index (χ4v) is 8.46. The molecule has 0 heterocycles. The lowest BCUT2D eigenvalue weighted by Gasteiger charge is -2.56. The summed E-state index contributed by atoms with van der Waals surface area (Å²) in [5.74, 6) is 2.81. The van der Waals surface area contributed by atoms with E-state index in [0.717, 1.165) is 60.4 Å².